The summed E-state index contributed by atoms with van der Waals surface area (Å²) in [5, 5.41) is 0. The summed E-state index contributed by atoms with van der Waals surface area (Å²) in [5.74, 6) is -0.441. The Hall–Kier alpha value is -2.62. The molecule has 0 saturated heterocycles. The summed E-state index contributed by atoms with van der Waals surface area (Å²) in [7, 11) is 3.78. The molecule has 0 aliphatic carbocycles. The lowest BCUT2D eigenvalue weighted by Gasteiger charge is -2.14. The van der Waals surface area contributed by atoms with E-state index in [1.807, 2.05) is 59.9 Å². The monoisotopic (exact) mass is 396 g/mol. The highest BCUT2D eigenvalue weighted by Crippen LogP contribution is 2.35. The van der Waals surface area contributed by atoms with Crippen LogP contribution in [0.1, 0.15) is 56.2 Å². The van der Waals surface area contributed by atoms with Crippen LogP contribution in [0, 0.1) is 18.6 Å². The molecule has 0 bridgehead atoms. The van der Waals surface area contributed by atoms with Crippen LogP contribution in [0.5, 0.6) is 0 Å². The molecule has 152 valence electrons. The molecular formula is C25H30F2N2+2. The Balaban J connectivity index is 2.33. The number of rotatable bonds is 4. The van der Waals surface area contributed by atoms with Gasteiger partial charge in [0.05, 0.1) is 11.1 Å². The van der Waals surface area contributed by atoms with Crippen molar-refractivity contribution in [2.45, 2.75) is 46.5 Å². The highest BCUT2D eigenvalue weighted by Gasteiger charge is 2.27. The first kappa shape index (κ1) is 21.1. The predicted molar refractivity (Wildman–Crippen MR) is 112 cm³/mol. The van der Waals surface area contributed by atoms with Gasteiger partial charge in [-0.25, -0.2) is 17.9 Å². The molecule has 0 unspecified atom stereocenters. The van der Waals surface area contributed by atoms with Gasteiger partial charge in [0.15, 0.2) is 12.4 Å². The van der Waals surface area contributed by atoms with Crippen molar-refractivity contribution in [3.05, 3.63) is 71.1 Å². The molecule has 2 nitrogen and oxygen atoms in total. The van der Waals surface area contributed by atoms with Crippen molar-refractivity contribution in [1.82, 2.24) is 0 Å². The molecule has 3 aromatic rings. The number of aromatic nitrogens is 2. The van der Waals surface area contributed by atoms with Crippen molar-refractivity contribution in [2.24, 2.45) is 14.1 Å². The Kier molecular flexibility index (Phi) is 5.83. The van der Waals surface area contributed by atoms with Gasteiger partial charge in [-0.15, -0.1) is 0 Å². The molecular weight excluding hydrogens is 366 g/mol. The minimum Gasteiger partial charge on any atom is -0.206 e. The van der Waals surface area contributed by atoms with Crippen LogP contribution in [0.25, 0.3) is 22.5 Å². The van der Waals surface area contributed by atoms with Crippen molar-refractivity contribution in [1.29, 1.82) is 0 Å². The first-order valence-corrected chi connectivity index (χ1v) is 10.1. The van der Waals surface area contributed by atoms with E-state index in [9.17, 15) is 0 Å². The van der Waals surface area contributed by atoms with Crippen LogP contribution in [0.3, 0.4) is 0 Å². The van der Waals surface area contributed by atoms with E-state index in [1.54, 1.807) is 6.92 Å². The van der Waals surface area contributed by atoms with Gasteiger partial charge in [-0.05, 0) is 35.4 Å². The number of benzene rings is 1. The average molecular weight is 397 g/mol. The maximum Gasteiger partial charge on any atom is 0.215 e. The van der Waals surface area contributed by atoms with Gasteiger partial charge in [0, 0.05) is 30.3 Å². The smallest absolute Gasteiger partial charge is 0.206 e. The van der Waals surface area contributed by atoms with Gasteiger partial charge in [-0.1, -0.05) is 27.7 Å². The number of hydrogen-bond donors (Lipinski definition) is 0. The van der Waals surface area contributed by atoms with Crippen molar-refractivity contribution in [2.75, 3.05) is 0 Å². The third-order valence-corrected chi connectivity index (χ3v) is 5.67. The first-order valence-electron chi connectivity index (χ1n) is 10.1. The summed E-state index contributed by atoms with van der Waals surface area (Å²) in [6.45, 7) is 10.2. The molecule has 0 aliphatic heterocycles. The van der Waals surface area contributed by atoms with Gasteiger partial charge < -0.3 is 0 Å². The lowest BCUT2D eigenvalue weighted by Crippen LogP contribution is -2.32. The van der Waals surface area contributed by atoms with Gasteiger partial charge in [0.25, 0.3) is 0 Å². The maximum absolute atomic E-state index is 15.1. The lowest BCUT2D eigenvalue weighted by molar-refractivity contribution is -0.660. The normalized spacial score (nSPS) is 11.6. The Morgan fingerprint density at radius 2 is 1.07 bits per heavy atom. The summed E-state index contributed by atoms with van der Waals surface area (Å²) >= 11 is 0. The molecule has 0 N–H and O–H groups in total. The minimum atomic E-state index is -0.539. The van der Waals surface area contributed by atoms with Crippen LogP contribution in [0.2, 0.25) is 0 Å². The largest absolute Gasteiger partial charge is 0.215 e. The van der Waals surface area contributed by atoms with Gasteiger partial charge in [-0.2, -0.15) is 0 Å². The van der Waals surface area contributed by atoms with Crippen molar-refractivity contribution >= 4 is 0 Å². The van der Waals surface area contributed by atoms with Gasteiger partial charge >= 0.3 is 0 Å². The van der Waals surface area contributed by atoms with Crippen LogP contribution in [-0.2, 0) is 14.1 Å². The third-order valence-electron chi connectivity index (χ3n) is 5.67. The molecule has 3 rings (SSSR count). The quantitative estimate of drug-likeness (QED) is 0.514. The van der Waals surface area contributed by atoms with E-state index in [2.05, 4.69) is 27.7 Å². The van der Waals surface area contributed by atoms with E-state index in [0.717, 1.165) is 28.6 Å². The summed E-state index contributed by atoms with van der Waals surface area (Å²) in [6.07, 6.45) is 3.87. The van der Waals surface area contributed by atoms with Crippen LogP contribution in [0.15, 0.2) is 42.7 Å². The molecule has 0 radical (unpaired) electrons. The molecule has 0 amide bonds. The molecule has 4 heteroatoms. The van der Waals surface area contributed by atoms with Gasteiger partial charge in [-0.3, -0.25) is 0 Å². The molecule has 0 atom stereocenters. The van der Waals surface area contributed by atoms with Crippen LogP contribution < -0.4 is 9.13 Å². The summed E-state index contributed by atoms with van der Waals surface area (Å²) < 4.78 is 33.9. The van der Waals surface area contributed by atoms with Crippen LogP contribution in [0.4, 0.5) is 8.78 Å². The zero-order valence-corrected chi connectivity index (χ0v) is 18.3. The second-order valence-electron chi connectivity index (χ2n) is 8.44. The summed E-state index contributed by atoms with van der Waals surface area (Å²) in [6, 6.07) is 9.10. The van der Waals surface area contributed by atoms with E-state index < -0.39 is 11.6 Å². The first-order chi connectivity index (χ1) is 13.6. The molecule has 0 fully saturated rings. The fourth-order valence-electron chi connectivity index (χ4n) is 3.75. The number of halogens is 2. The second-order valence-corrected chi connectivity index (χ2v) is 8.44. The molecule has 2 heterocycles. The summed E-state index contributed by atoms with van der Waals surface area (Å²) in [5.41, 5.74) is 5.23. The minimum absolute atomic E-state index is 0.318. The molecule has 2 aromatic heterocycles. The number of nitrogens with zero attached hydrogens (tertiary/aromatic N) is 2. The van der Waals surface area contributed by atoms with Crippen LogP contribution in [-0.4, -0.2) is 0 Å². The average Bonchev–Trinajstić information content (AvgIpc) is 2.63. The number of aryl methyl sites for hydroxylation is 2. The predicted octanol–water partition coefficient (Wildman–Crippen LogP) is 5.50. The van der Waals surface area contributed by atoms with E-state index >= 15 is 8.78 Å². The fourth-order valence-corrected chi connectivity index (χ4v) is 3.75. The number of pyridine rings is 2. The molecule has 29 heavy (non-hydrogen) atoms. The van der Waals surface area contributed by atoms with Crippen molar-refractivity contribution in [3.8, 4) is 22.5 Å². The molecule has 0 spiro atoms. The molecule has 0 aliphatic rings. The van der Waals surface area contributed by atoms with E-state index in [4.69, 9.17) is 0 Å². The Morgan fingerprint density at radius 1 is 0.690 bits per heavy atom. The SMILES string of the molecule is Cc1c(-c2cc(C(C)C)cc[n+]2C)c(F)cc(F)c1-c1cc(C(C)C)cc[n+]1C. The lowest BCUT2D eigenvalue weighted by atomic mass is 9.92. The second kappa shape index (κ2) is 8.02. The maximum atomic E-state index is 15.1. The topological polar surface area (TPSA) is 7.76 Å². The van der Waals surface area contributed by atoms with Crippen molar-refractivity contribution in [3.63, 3.8) is 0 Å². The highest BCUT2D eigenvalue weighted by atomic mass is 19.1. The summed E-state index contributed by atoms with van der Waals surface area (Å²) in [4.78, 5) is 0. The molecule has 0 saturated carbocycles. The van der Waals surface area contributed by atoms with E-state index in [1.165, 1.54) is 0 Å². The Morgan fingerprint density at radius 3 is 1.41 bits per heavy atom. The zero-order valence-electron chi connectivity index (χ0n) is 18.3. The van der Waals surface area contributed by atoms with Crippen LogP contribution >= 0.6 is 0 Å². The van der Waals surface area contributed by atoms with Gasteiger partial charge in [0.1, 0.15) is 25.7 Å². The Labute approximate surface area is 172 Å². The third kappa shape index (κ3) is 3.93. The van der Waals surface area contributed by atoms with Crippen molar-refractivity contribution < 1.29 is 17.9 Å². The fraction of sp³-hybridized carbons (Fsp3) is 0.360. The van der Waals surface area contributed by atoms with E-state index in [-0.39, 0.29) is 0 Å². The van der Waals surface area contributed by atoms with Gasteiger partial charge in [0.2, 0.25) is 11.4 Å². The standard InChI is InChI=1S/C25H30F2N2/c1-15(2)18-8-10-28(6)22(12-18)24-17(5)25(21(27)14-20(24)26)23-13-19(16(3)4)9-11-29(23)7/h8-16H,1-7H3/q+2. The highest BCUT2D eigenvalue weighted by molar-refractivity contribution is 5.74. The zero-order chi connectivity index (χ0) is 21.5. The Bertz CT molecular complexity index is 987. The molecule has 1 aromatic carbocycles. The number of hydrogen-bond acceptors (Lipinski definition) is 0. The van der Waals surface area contributed by atoms with E-state index in [0.29, 0.717) is 28.5 Å².